The quantitative estimate of drug-likeness (QED) is 0.787. The van der Waals surface area contributed by atoms with Gasteiger partial charge < -0.3 is 4.74 Å². The monoisotopic (exact) mass is 379 g/mol. The molecule has 0 aliphatic carbocycles. The Hall–Kier alpha value is -1.61. The third-order valence-corrected chi connectivity index (χ3v) is 5.86. The Morgan fingerprint density at radius 1 is 1.24 bits per heavy atom. The molecule has 1 saturated heterocycles. The number of hydrogen-bond donors (Lipinski definition) is 0. The molecule has 1 unspecified atom stereocenters. The average molecular weight is 379 g/mol. The third-order valence-electron chi connectivity index (χ3n) is 3.89. The molecule has 0 radical (unpaired) electrons. The van der Waals surface area contributed by atoms with Gasteiger partial charge in [-0.2, -0.15) is 4.31 Å². The van der Waals surface area contributed by atoms with Crippen molar-refractivity contribution in [2.75, 3.05) is 6.54 Å². The van der Waals surface area contributed by atoms with Crippen molar-refractivity contribution < 1.29 is 31.1 Å². The van der Waals surface area contributed by atoms with Gasteiger partial charge in [-0.25, -0.2) is 8.42 Å². The standard InChI is InChI=1S/C16H20F3NO4S/c1-11(2)9-12-10-13(21)7-8-20(12)25(22,23)15-5-3-14(4-6-15)24-16(17,18)19/h3-6,11-12H,7-10H2,1-2H3. The van der Waals surface area contributed by atoms with Gasteiger partial charge >= 0.3 is 6.36 Å². The summed E-state index contributed by atoms with van der Waals surface area (Å²) < 4.78 is 67.3. The average Bonchev–Trinajstić information content (AvgIpc) is 2.45. The van der Waals surface area contributed by atoms with Crippen LogP contribution in [-0.4, -0.2) is 37.5 Å². The first-order valence-electron chi connectivity index (χ1n) is 7.88. The van der Waals surface area contributed by atoms with Gasteiger partial charge in [0.25, 0.3) is 0 Å². The maximum Gasteiger partial charge on any atom is 0.573 e. The number of hydrogen-bond acceptors (Lipinski definition) is 4. The highest BCUT2D eigenvalue weighted by Gasteiger charge is 2.37. The van der Waals surface area contributed by atoms with Crippen molar-refractivity contribution in [3.05, 3.63) is 24.3 Å². The highest BCUT2D eigenvalue weighted by atomic mass is 32.2. The summed E-state index contributed by atoms with van der Waals surface area (Å²) in [6, 6.07) is 3.66. The fourth-order valence-electron chi connectivity index (χ4n) is 2.89. The molecule has 1 fully saturated rings. The van der Waals surface area contributed by atoms with Gasteiger partial charge in [0, 0.05) is 25.4 Å². The lowest BCUT2D eigenvalue weighted by molar-refractivity contribution is -0.274. The molecule has 25 heavy (non-hydrogen) atoms. The zero-order valence-electron chi connectivity index (χ0n) is 13.9. The molecule has 0 N–H and O–H groups in total. The number of sulfonamides is 1. The Kier molecular flexibility index (Phi) is 5.78. The van der Waals surface area contributed by atoms with Crippen LogP contribution in [0.5, 0.6) is 5.75 Å². The smallest absolute Gasteiger partial charge is 0.406 e. The maximum absolute atomic E-state index is 12.8. The number of rotatable bonds is 5. The summed E-state index contributed by atoms with van der Waals surface area (Å²) in [5.41, 5.74) is 0. The summed E-state index contributed by atoms with van der Waals surface area (Å²) in [6.45, 7) is 3.96. The third kappa shape index (κ3) is 5.18. The van der Waals surface area contributed by atoms with Crippen LogP contribution in [0.3, 0.4) is 0 Å². The molecular formula is C16H20F3NO4S. The Morgan fingerprint density at radius 3 is 2.36 bits per heavy atom. The molecule has 140 valence electrons. The minimum Gasteiger partial charge on any atom is -0.406 e. The van der Waals surface area contributed by atoms with E-state index < -0.39 is 28.2 Å². The predicted octanol–water partition coefficient (Wildman–Crippen LogP) is 3.35. The van der Waals surface area contributed by atoms with E-state index in [1.165, 1.54) is 4.31 Å². The fraction of sp³-hybridized carbons (Fsp3) is 0.562. The predicted molar refractivity (Wildman–Crippen MR) is 84.5 cm³/mol. The first kappa shape index (κ1) is 19.7. The maximum atomic E-state index is 12.8. The summed E-state index contributed by atoms with van der Waals surface area (Å²) in [5.74, 6) is -0.263. The van der Waals surface area contributed by atoms with Gasteiger partial charge in [-0.15, -0.1) is 13.2 Å². The molecule has 2 rings (SSSR count). The number of ketones is 1. The molecular weight excluding hydrogens is 359 g/mol. The molecule has 5 nitrogen and oxygen atoms in total. The van der Waals surface area contributed by atoms with Crippen LogP contribution in [0.15, 0.2) is 29.2 Å². The largest absolute Gasteiger partial charge is 0.573 e. The first-order chi connectivity index (χ1) is 11.5. The molecule has 1 aromatic carbocycles. The number of Topliss-reactive ketones (excluding diaryl/α,β-unsaturated/α-hetero) is 1. The van der Waals surface area contributed by atoms with Crippen molar-refractivity contribution in [2.24, 2.45) is 5.92 Å². The van der Waals surface area contributed by atoms with Crippen molar-refractivity contribution in [3.8, 4) is 5.75 Å². The van der Waals surface area contributed by atoms with E-state index in [1.807, 2.05) is 13.8 Å². The Morgan fingerprint density at radius 2 is 1.84 bits per heavy atom. The lowest BCUT2D eigenvalue weighted by atomic mass is 9.95. The summed E-state index contributed by atoms with van der Waals surface area (Å²) in [5, 5.41) is 0. The summed E-state index contributed by atoms with van der Waals surface area (Å²) in [7, 11) is -3.90. The van der Waals surface area contributed by atoms with Crippen molar-refractivity contribution >= 4 is 15.8 Å². The van der Waals surface area contributed by atoms with Crippen molar-refractivity contribution in [3.63, 3.8) is 0 Å². The van der Waals surface area contributed by atoms with Crippen LogP contribution in [0.1, 0.15) is 33.1 Å². The van der Waals surface area contributed by atoms with E-state index in [-0.39, 0.29) is 36.0 Å². The van der Waals surface area contributed by atoms with E-state index in [9.17, 15) is 26.4 Å². The van der Waals surface area contributed by atoms with E-state index in [2.05, 4.69) is 4.74 Å². The van der Waals surface area contributed by atoms with E-state index in [4.69, 9.17) is 0 Å². The number of carbonyl (C=O) groups excluding carboxylic acids is 1. The van der Waals surface area contributed by atoms with Crippen LogP contribution in [0.25, 0.3) is 0 Å². The minimum atomic E-state index is -4.84. The zero-order valence-corrected chi connectivity index (χ0v) is 14.7. The molecule has 0 aromatic heterocycles. The highest BCUT2D eigenvalue weighted by molar-refractivity contribution is 7.89. The number of halogens is 3. The topological polar surface area (TPSA) is 63.7 Å². The van der Waals surface area contributed by atoms with Gasteiger partial charge in [0.2, 0.25) is 10.0 Å². The van der Waals surface area contributed by atoms with Gasteiger partial charge in [-0.05, 0) is 36.6 Å². The van der Waals surface area contributed by atoms with Gasteiger partial charge in [-0.1, -0.05) is 13.8 Å². The van der Waals surface area contributed by atoms with Gasteiger partial charge in [0.15, 0.2) is 0 Å². The van der Waals surface area contributed by atoms with Crippen LogP contribution in [0.2, 0.25) is 0 Å². The van der Waals surface area contributed by atoms with Crippen molar-refractivity contribution in [1.82, 2.24) is 4.31 Å². The van der Waals surface area contributed by atoms with E-state index >= 15 is 0 Å². The van der Waals surface area contributed by atoms with E-state index in [1.54, 1.807) is 0 Å². The Labute approximate surface area is 144 Å². The lowest BCUT2D eigenvalue weighted by Gasteiger charge is -2.35. The second kappa shape index (κ2) is 7.33. The van der Waals surface area contributed by atoms with Gasteiger partial charge in [-0.3, -0.25) is 4.79 Å². The van der Waals surface area contributed by atoms with E-state index in [0.29, 0.717) is 6.42 Å². The molecule has 9 heteroatoms. The summed E-state index contributed by atoms with van der Waals surface area (Å²) in [4.78, 5) is 11.6. The number of nitrogens with zero attached hydrogens (tertiary/aromatic N) is 1. The first-order valence-corrected chi connectivity index (χ1v) is 9.32. The van der Waals surface area contributed by atoms with Gasteiger partial charge in [0.05, 0.1) is 4.90 Å². The fourth-order valence-corrected chi connectivity index (χ4v) is 4.53. The second-order valence-corrected chi connectivity index (χ2v) is 8.30. The van der Waals surface area contributed by atoms with E-state index in [0.717, 1.165) is 24.3 Å². The number of carbonyl (C=O) groups is 1. The molecule has 0 bridgehead atoms. The van der Waals surface area contributed by atoms with Crippen molar-refractivity contribution in [2.45, 2.75) is 50.4 Å². The van der Waals surface area contributed by atoms with Crippen LogP contribution in [-0.2, 0) is 14.8 Å². The van der Waals surface area contributed by atoms with Gasteiger partial charge in [0.1, 0.15) is 11.5 Å². The number of piperidine rings is 1. The SMILES string of the molecule is CC(C)CC1CC(=O)CCN1S(=O)(=O)c1ccc(OC(F)(F)F)cc1. The number of alkyl halides is 3. The number of ether oxygens (including phenoxy) is 1. The molecule has 0 amide bonds. The van der Waals surface area contributed by atoms with Crippen LogP contribution < -0.4 is 4.74 Å². The molecule has 0 saturated carbocycles. The lowest BCUT2D eigenvalue weighted by Crippen LogP contribution is -2.46. The summed E-state index contributed by atoms with van der Waals surface area (Å²) >= 11 is 0. The summed E-state index contributed by atoms with van der Waals surface area (Å²) in [6.07, 6.45) is -3.99. The molecule has 1 aliphatic rings. The van der Waals surface area contributed by atoms with Crippen LogP contribution in [0, 0.1) is 5.92 Å². The Balaban J connectivity index is 2.25. The molecule has 1 aromatic rings. The number of benzene rings is 1. The van der Waals surface area contributed by atoms with Crippen LogP contribution in [0.4, 0.5) is 13.2 Å². The molecule has 1 heterocycles. The highest BCUT2D eigenvalue weighted by Crippen LogP contribution is 2.29. The van der Waals surface area contributed by atoms with Crippen molar-refractivity contribution in [1.29, 1.82) is 0 Å². The molecule has 0 spiro atoms. The second-order valence-electron chi connectivity index (χ2n) is 6.41. The normalized spacial score (nSPS) is 20.1. The van der Waals surface area contributed by atoms with Crippen LogP contribution >= 0.6 is 0 Å². The minimum absolute atomic E-state index is 0.0195. The molecule has 1 atom stereocenters. The zero-order chi connectivity index (χ0) is 18.8. The molecule has 1 aliphatic heterocycles. The Bertz CT molecular complexity index is 714.